The van der Waals surface area contributed by atoms with Crippen LogP contribution in [0.2, 0.25) is 0 Å². The molecule has 0 spiro atoms. The van der Waals surface area contributed by atoms with Crippen LogP contribution in [0.3, 0.4) is 0 Å². The van der Waals surface area contributed by atoms with Crippen molar-refractivity contribution < 1.29 is 17.2 Å². The molecule has 0 bridgehead atoms. The van der Waals surface area contributed by atoms with Crippen LogP contribution in [-0.4, -0.2) is 26.6 Å². The maximum Gasteiger partial charge on any atom is 0.397 e. The quantitative estimate of drug-likeness (QED) is 0.522. The van der Waals surface area contributed by atoms with Crippen LogP contribution in [0.4, 0.5) is 0 Å². The summed E-state index contributed by atoms with van der Waals surface area (Å²) in [7, 11) is -3.29. The molecule has 6 N–H and O–H groups in total. The second-order valence-corrected chi connectivity index (χ2v) is 2.57. The standard InChI is InChI=1S/C3H9N.CH4O4S.H3N/c1-2-3-4;1-5-6(2,3)4;/h2-4H2,1H3;1H3,(H,2,3,4);1H3. The third-order valence-corrected chi connectivity index (χ3v) is 0.921. The minimum absolute atomic E-state index is 0. The lowest BCUT2D eigenvalue weighted by molar-refractivity contribution is 0.324. The first-order chi connectivity index (χ1) is 4.47. The molecule has 11 heavy (non-hydrogen) atoms. The van der Waals surface area contributed by atoms with Gasteiger partial charge in [0.2, 0.25) is 0 Å². The fraction of sp³-hybridized carbons (Fsp3) is 1.00. The molecule has 0 aliphatic carbocycles. The molecule has 0 aliphatic rings. The molecule has 0 heterocycles. The van der Waals surface area contributed by atoms with Crippen LogP contribution in [0, 0.1) is 0 Å². The highest BCUT2D eigenvalue weighted by Crippen LogP contribution is 1.74. The maximum absolute atomic E-state index is 9.33. The van der Waals surface area contributed by atoms with Crippen molar-refractivity contribution in [1.82, 2.24) is 6.15 Å². The van der Waals surface area contributed by atoms with Crippen molar-refractivity contribution in [2.45, 2.75) is 13.3 Å². The van der Waals surface area contributed by atoms with Crippen LogP contribution in [0.5, 0.6) is 0 Å². The van der Waals surface area contributed by atoms with Gasteiger partial charge in [0.1, 0.15) is 0 Å². The summed E-state index contributed by atoms with van der Waals surface area (Å²) in [6.07, 6.45) is 1.10. The Bertz CT molecular complexity index is 142. The lowest BCUT2D eigenvalue weighted by Crippen LogP contribution is -1.96. The minimum Gasteiger partial charge on any atom is -0.344 e. The Kier molecular flexibility index (Phi) is 15.2. The van der Waals surface area contributed by atoms with E-state index >= 15 is 0 Å². The monoisotopic (exact) mass is 188 g/mol. The van der Waals surface area contributed by atoms with Gasteiger partial charge in [0.05, 0.1) is 7.11 Å². The van der Waals surface area contributed by atoms with Gasteiger partial charge in [0, 0.05) is 0 Å². The second-order valence-electron chi connectivity index (χ2n) is 1.38. The summed E-state index contributed by atoms with van der Waals surface area (Å²) in [6, 6.07) is 0. The van der Waals surface area contributed by atoms with Crippen molar-refractivity contribution in [3.63, 3.8) is 0 Å². The van der Waals surface area contributed by atoms with Crippen LogP contribution < -0.4 is 11.9 Å². The molecular formula is C4H16N2O4S. The summed E-state index contributed by atoms with van der Waals surface area (Å²) in [5, 5.41) is 0. The van der Waals surface area contributed by atoms with E-state index in [1.54, 1.807) is 0 Å². The summed E-state index contributed by atoms with van der Waals surface area (Å²) < 4.78 is 29.7. The van der Waals surface area contributed by atoms with Gasteiger partial charge in [-0.3, -0.25) is 8.74 Å². The molecule has 0 atom stereocenters. The Morgan fingerprint density at radius 2 is 1.73 bits per heavy atom. The first kappa shape index (κ1) is 17.0. The molecule has 6 nitrogen and oxygen atoms in total. The first-order valence-electron chi connectivity index (χ1n) is 2.71. The highest BCUT2D eigenvalue weighted by molar-refractivity contribution is 7.80. The molecule has 0 amide bonds. The van der Waals surface area contributed by atoms with E-state index in [-0.39, 0.29) is 6.15 Å². The zero-order valence-electron chi connectivity index (χ0n) is 6.78. The highest BCUT2D eigenvalue weighted by Gasteiger charge is 1.93. The summed E-state index contributed by atoms with van der Waals surface area (Å²) in [6.45, 7) is 2.88. The number of nitrogens with two attached hydrogens (primary N) is 1. The SMILES string of the molecule is CCCN.COS(=O)(=O)O.N. The fourth-order valence-electron chi connectivity index (χ4n) is 0. The lowest BCUT2D eigenvalue weighted by atomic mass is 10.5. The van der Waals surface area contributed by atoms with Crippen molar-refractivity contribution in [3.8, 4) is 0 Å². The Morgan fingerprint density at radius 1 is 1.55 bits per heavy atom. The zero-order valence-corrected chi connectivity index (χ0v) is 7.60. The van der Waals surface area contributed by atoms with E-state index in [4.69, 9.17) is 10.3 Å². The Balaban J connectivity index is -0.000000114. The minimum atomic E-state index is -4.16. The van der Waals surface area contributed by atoms with E-state index in [0.717, 1.165) is 20.1 Å². The number of rotatable bonds is 2. The summed E-state index contributed by atoms with van der Waals surface area (Å²) in [5.74, 6) is 0. The molecule has 72 valence electrons. The maximum atomic E-state index is 9.33. The molecule has 0 rings (SSSR count). The molecule has 0 aliphatic heterocycles. The largest absolute Gasteiger partial charge is 0.397 e. The van der Waals surface area contributed by atoms with Crippen molar-refractivity contribution in [3.05, 3.63) is 0 Å². The fourth-order valence-corrected chi connectivity index (χ4v) is 0. The predicted octanol–water partition coefficient (Wildman–Crippen LogP) is -0.0473. The first-order valence-corrected chi connectivity index (χ1v) is 4.07. The summed E-state index contributed by atoms with van der Waals surface area (Å²) >= 11 is 0. The lowest BCUT2D eigenvalue weighted by Gasteiger charge is -1.82. The topological polar surface area (TPSA) is 125 Å². The number of hydrogen-bond acceptors (Lipinski definition) is 5. The van der Waals surface area contributed by atoms with Crippen LogP contribution in [0.15, 0.2) is 0 Å². The van der Waals surface area contributed by atoms with E-state index in [1.165, 1.54) is 0 Å². The molecule has 0 radical (unpaired) electrons. The summed E-state index contributed by atoms with van der Waals surface area (Å²) in [4.78, 5) is 0. The Hall–Kier alpha value is -0.210. The molecule has 0 saturated carbocycles. The Labute approximate surface area is 67.3 Å². The number of hydrogen-bond donors (Lipinski definition) is 3. The van der Waals surface area contributed by atoms with Gasteiger partial charge in [-0.2, -0.15) is 8.42 Å². The molecule has 0 aromatic heterocycles. The van der Waals surface area contributed by atoms with Crippen molar-refractivity contribution >= 4 is 10.4 Å². The predicted molar refractivity (Wildman–Crippen MR) is 42.9 cm³/mol. The second kappa shape index (κ2) is 9.79. The zero-order chi connectivity index (χ0) is 8.62. The van der Waals surface area contributed by atoms with E-state index < -0.39 is 10.4 Å². The van der Waals surface area contributed by atoms with E-state index in [0.29, 0.717) is 0 Å². The molecule has 0 aromatic carbocycles. The van der Waals surface area contributed by atoms with Gasteiger partial charge in [0.25, 0.3) is 0 Å². The average Bonchev–Trinajstić information content (AvgIpc) is 1.87. The average molecular weight is 188 g/mol. The van der Waals surface area contributed by atoms with E-state index in [9.17, 15) is 8.42 Å². The van der Waals surface area contributed by atoms with Crippen molar-refractivity contribution in [1.29, 1.82) is 0 Å². The summed E-state index contributed by atoms with van der Waals surface area (Å²) in [5.41, 5.74) is 5.03. The van der Waals surface area contributed by atoms with Gasteiger partial charge in [-0.25, -0.2) is 0 Å². The van der Waals surface area contributed by atoms with E-state index in [2.05, 4.69) is 11.1 Å². The van der Waals surface area contributed by atoms with Crippen LogP contribution in [-0.2, 0) is 14.6 Å². The van der Waals surface area contributed by atoms with Crippen molar-refractivity contribution in [2.75, 3.05) is 13.7 Å². The van der Waals surface area contributed by atoms with Gasteiger partial charge in [-0.1, -0.05) is 6.92 Å². The van der Waals surface area contributed by atoms with Gasteiger partial charge >= 0.3 is 10.4 Å². The molecule has 0 unspecified atom stereocenters. The molecule has 0 fully saturated rings. The smallest absolute Gasteiger partial charge is 0.344 e. The molecule has 0 saturated heterocycles. The van der Waals surface area contributed by atoms with Crippen LogP contribution in [0.1, 0.15) is 13.3 Å². The van der Waals surface area contributed by atoms with E-state index in [1.807, 2.05) is 0 Å². The molecule has 0 aromatic rings. The third kappa shape index (κ3) is 41.4. The third-order valence-electron chi connectivity index (χ3n) is 0.499. The molecular weight excluding hydrogens is 172 g/mol. The van der Waals surface area contributed by atoms with Crippen molar-refractivity contribution in [2.24, 2.45) is 5.73 Å². The normalized spacial score (nSPS) is 9.09. The molecule has 7 heteroatoms. The highest BCUT2D eigenvalue weighted by atomic mass is 32.3. The van der Waals surface area contributed by atoms with Crippen LogP contribution in [0.25, 0.3) is 0 Å². The van der Waals surface area contributed by atoms with Gasteiger partial charge in [-0.15, -0.1) is 0 Å². The van der Waals surface area contributed by atoms with Gasteiger partial charge in [0.15, 0.2) is 0 Å². The Morgan fingerprint density at radius 3 is 1.73 bits per heavy atom. The van der Waals surface area contributed by atoms with Crippen LogP contribution >= 0.6 is 0 Å². The van der Waals surface area contributed by atoms with Gasteiger partial charge < -0.3 is 11.9 Å². The van der Waals surface area contributed by atoms with Gasteiger partial charge in [-0.05, 0) is 13.0 Å².